The van der Waals surface area contributed by atoms with Crippen LogP contribution in [0.4, 0.5) is 0 Å². The fraction of sp³-hybridized carbons (Fsp3) is 0.438. The molecule has 3 rings (SSSR count). The number of nitrogens with zero attached hydrogens (tertiary/aromatic N) is 4. The molecule has 5 heteroatoms. The topological polar surface area (TPSA) is 41.9 Å². The number of halogens is 1. The van der Waals surface area contributed by atoms with Gasteiger partial charge in [0.1, 0.15) is 5.82 Å². The van der Waals surface area contributed by atoms with Crippen molar-refractivity contribution in [2.45, 2.75) is 39.3 Å². The average Bonchev–Trinajstić information content (AvgIpc) is 2.49. The van der Waals surface area contributed by atoms with Crippen molar-refractivity contribution in [1.82, 2.24) is 19.9 Å². The fourth-order valence-electron chi connectivity index (χ4n) is 2.58. The van der Waals surface area contributed by atoms with Crippen molar-refractivity contribution in [1.29, 1.82) is 0 Å². The Morgan fingerprint density at radius 2 is 2.19 bits per heavy atom. The molecule has 0 amide bonds. The van der Waals surface area contributed by atoms with Crippen molar-refractivity contribution in [2.24, 2.45) is 0 Å². The Labute approximate surface area is 133 Å². The maximum Gasteiger partial charge on any atom is 0.131 e. The lowest BCUT2D eigenvalue weighted by Crippen LogP contribution is -2.31. The van der Waals surface area contributed by atoms with Crippen LogP contribution in [0.25, 0.3) is 0 Å². The van der Waals surface area contributed by atoms with E-state index in [1.165, 1.54) is 16.8 Å². The lowest BCUT2D eigenvalue weighted by molar-refractivity contribution is 0.242. The van der Waals surface area contributed by atoms with Crippen molar-refractivity contribution < 1.29 is 0 Å². The Bertz CT molecular complexity index is 642. The minimum absolute atomic E-state index is 0.390. The van der Waals surface area contributed by atoms with E-state index in [-0.39, 0.29) is 0 Å². The van der Waals surface area contributed by atoms with Gasteiger partial charge in [-0.2, -0.15) is 0 Å². The van der Waals surface area contributed by atoms with Gasteiger partial charge in [-0.15, -0.1) is 0 Å². The van der Waals surface area contributed by atoms with Crippen LogP contribution in [-0.4, -0.2) is 26.4 Å². The summed E-state index contributed by atoms with van der Waals surface area (Å²) in [6, 6.07) is 2.07. The molecule has 4 nitrogen and oxygen atoms in total. The Morgan fingerprint density at radius 1 is 1.33 bits per heavy atom. The second kappa shape index (κ2) is 6.20. The van der Waals surface area contributed by atoms with Crippen LogP contribution < -0.4 is 0 Å². The highest BCUT2D eigenvalue weighted by molar-refractivity contribution is 9.10. The Balaban J connectivity index is 1.74. The molecule has 0 aromatic carbocycles. The SMILES string of the molecule is CC(C)c1ncc2c(n1)CCN(Cc1ccncc1Br)C2. The quantitative estimate of drug-likeness (QED) is 0.854. The summed E-state index contributed by atoms with van der Waals surface area (Å²) in [5.74, 6) is 1.35. The van der Waals surface area contributed by atoms with Crippen molar-refractivity contribution in [2.75, 3.05) is 6.54 Å². The van der Waals surface area contributed by atoms with Crippen LogP contribution in [-0.2, 0) is 19.5 Å². The third-order valence-electron chi connectivity index (χ3n) is 3.80. The zero-order valence-corrected chi connectivity index (χ0v) is 14.0. The lowest BCUT2D eigenvalue weighted by atomic mass is 10.1. The van der Waals surface area contributed by atoms with E-state index in [2.05, 4.69) is 50.7 Å². The Kier molecular flexibility index (Phi) is 4.31. The first kappa shape index (κ1) is 14.6. The van der Waals surface area contributed by atoms with Gasteiger partial charge in [-0.05, 0) is 27.6 Å². The van der Waals surface area contributed by atoms with E-state index in [0.29, 0.717) is 5.92 Å². The van der Waals surface area contributed by atoms with E-state index in [0.717, 1.165) is 36.4 Å². The Hall–Kier alpha value is -1.33. The fourth-order valence-corrected chi connectivity index (χ4v) is 2.95. The van der Waals surface area contributed by atoms with Crippen LogP contribution in [0.15, 0.2) is 29.1 Å². The van der Waals surface area contributed by atoms with Crippen LogP contribution in [0, 0.1) is 0 Å². The number of hydrogen-bond donors (Lipinski definition) is 0. The number of fused-ring (bicyclic) bond motifs is 1. The molecule has 0 radical (unpaired) electrons. The molecule has 0 saturated heterocycles. The van der Waals surface area contributed by atoms with E-state index in [1.807, 2.05) is 18.6 Å². The highest BCUT2D eigenvalue weighted by Crippen LogP contribution is 2.22. The van der Waals surface area contributed by atoms with Gasteiger partial charge in [-0.3, -0.25) is 9.88 Å². The second-order valence-corrected chi connectivity index (χ2v) is 6.64. The summed E-state index contributed by atoms with van der Waals surface area (Å²) in [6.45, 7) is 7.16. The van der Waals surface area contributed by atoms with Crippen molar-refractivity contribution in [3.8, 4) is 0 Å². The molecular formula is C16H19BrN4. The third kappa shape index (κ3) is 3.30. The molecule has 0 N–H and O–H groups in total. The molecule has 1 aliphatic rings. The van der Waals surface area contributed by atoms with Crippen LogP contribution in [0.3, 0.4) is 0 Å². The monoisotopic (exact) mass is 346 g/mol. The van der Waals surface area contributed by atoms with Gasteiger partial charge >= 0.3 is 0 Å². The summed E-state index contributed by atoms with van der Waals surface area (Å²) >= 11 is 3.57. The molecule has 21 heavy (non-hydrogen) atoms. The summed E-state index contributed by atoms with van der Waals surface area (Å²) in [5.41, 5.74) is 3.75. The maximum absolute atomic E-state index is 4.71. The van der Waals surface area contributed by atoms with Gasteiger partial charge in [0.05, 0.1) is 0 Å². The normalized spacial score (nSPS) is 15.2. The summed E-state index contributed by atoms with van der Waals surface area (Å²) < 4.78 is 1.07. The number of aromatic nitrogens is 3. The van der Waals surface area contributed by atoms with Gasteiger partial charge < -0.3 is 0 Å². The molecule has 2 aromatic heterocycles. The standard InChI is InChI=1S/C16H19BrN4/c1-11(2)16-19-7-13-10-21(6-4-15(13)20-16)9-12-3-5-18-8-14(12)17/h3,5,7-8,11H,4,6,9-10H2,1-2H3. The van der Waals surface area contributed by atoms with Crippen LogP contribution >= 0.6 is 15.9 Å². The summed E-state index contributed by atoms with van der Waals surface area (Å²) in [5, 5.41) is 0. The van der Waals surface area contributed by atoms with Gasteiger partial charge in [-0.1, -0.05) is 13.8 Å². The van der Waals surface area contributed by atoms with Crippen molar-refractivity contribution >= 4 is 15.9 Å². The van der Waals surface area contributed by atoms with Gasteiger partial charge in [0.2, 0.25) is 0 Å². The Morgan fingerprint density at radius 3 is 2.95 bits per heavy atom. The van der Waals surface area contributed by atoms with E-state index in [9.17, 15) is 0 Å². The molecule has 0 unspecified atom stereocenters. The molecule has 0 aliphatic carbocycles. The smallest absolute Gasteiger partial charge is 0.131 e. The predicted octanol–water partition coefficient (Wildman–Crippen LogP) is 3.32. The zero-order valence-electron chi connectivity index (χ0n) is 12.4. The molecule has 3 heterocycles. The lowest BCUT2D eigenvalue weighted by Gasteiger charge is -2.28. The molecule has 0 fully saturated rings. The highest BCUT2D eigenvalue weighted by Gasteiger charge is 2.19. The van der Waals surface area contributed by atoms with Gasteiger partial charge in [-0.25, -0.2) is 9.97 Å². The van der Waals surface area contributed by atoms with Crippen LogP contribution in [0.2, 0.25) is 0 Å². The van der Waals surface area contributed by atoms with Crippen molar-refractivity contribution in [3.63, 3.8) is 0 Å². The average molecular weight is 347 g/mol. The number of hydrogen-bond acceptors (Lipinski definition) is 4. The minimum Gasteiger partial charge on any atom is -0.294 e. The first-order valence-corrected chi connectivity index (χ1v) is 8.08. The minimum atomic E-state index is 0.390. The first-order chi connectivity index (χ1) is 10.1. The first-order valence-electron chi connectivity index (χ1n) is 7.29. The summed E-state index contributed by atoms with van der Waals surface area (Å²) in [4.78, 5) is 15.8. The van der Waals surface area contributed by atoms with Crippen molar-refractivity contribution in [3.05, 3.63) is 51.8 Å². The largest absolute Gasteiger partial charge is 0.294 e. The predicted molar refractivity (Wildman–Crippen MR) is 85.9 cm³/mol. The zero-order chi connectivity index (χ0) is 14.8. The highest BCUT2D eigenvalue weighted by atomic mass is 79.9. The number of rotatable bonds is 3. The molecule has 0 saturated carbocycles. The van der Waals surface area contributed by atoms with Gasteiger partial charge in [0, 0.05) is 66.3 Å². The molecule has 1 aliphatic heterocycles. The number of pyridine rings is 1. The second-order valence-electron chi connectivity index (χ2n) is 5.78. The molecule has 2 aromatic rings. The molecular weight excluding hydrogens is 328 g/mol. The maximum atomic E-state index is 4.71. The van der Waals surface area contributed by atoms with Gasteiger partial charge in [0.25, 0.3) is 0 Å². The van der Waals surface area contributed by atoms with Crippen LogP contribution in [0.5, 0.6) is 0 Å². The summed E-state index contributed by atoms with van der Waals surface area (Å²) in [7, 11) is 0. The molecule has 0 atom stereocenters. The molecule has 110 valence electrons. The third-order valence-corrected chi connectivity index (χ3v) is 4.51. The van der Waals surface area contributed by atoms with E-state index in [1.54, 1.807) is 0 Å². The van der Waals surface area contributed by atoms with Crippen LogP contribution in [0.1, 0.15) is 42.4 Å². The van der Waals surface area contributed by atoms with E-state index < -0.39 is 0 Å². The summed E-state index contributed by atoms with van der Waals surface area (Å²) in [6.07, 6.45) is 6.70. The molecule has 0 spiro atoms. The van der Waals surface area contributed by atoms with E-state index in [4.69, 9.17) is 4.98 Å². The van der Waals surface area contributed by atoms with Gasteiger partial charge in [0.15, 0.2) is 0 Å². The van der Waals surface area contributed by atoms with E-state index >= 15 is 0 Å². The molecule has 0 bridgehead atoms.